The van der Waals surface area contributed by atoms with Gasteiger partial charge in [-0.15, -0.1) is 0 Å². The van der Waals surface area contributed by atoms with Crippen LogP contribution in [0.5, 0.6) is 0 Å². The molecular weight excluding hydrogens is 278 g/mol. The Morgan fingerprint density at radius 3 is 2.77 bits per heavy atom. The maximum atomic E-state index is 12.8. The Kier molecular flexibility index (Phi) is 3.59. The van der Waals surface area contributed by atoms with Crippen LogP contribution in [0.25, 0.3) is 0 Å². The summed E-state index contributed by atoms with van der Waals surface area (Å²) in [6, 6.07) is 0.0404. The molecule has 0 spiro atoms. The van der Waals surface area contributed by atoms with Crippen LogP contribution in [-0.4, -0.2) is 33.3 Å². The van der Waals surface area contributed by atoms with Gasteiger partial charge in [0.2, 0.25) is 5.91 Å². The smallest absolute Gasteiger partial charge is 0.229 e. The molecule has 2 N–H and O–H groups in total. The second-order valence-electron chi connectivity index (χ2n) is 8.14. The van der Waals surface area contributed by atoms with Crippen LogP contribution in [0.15, 0.2) is 6.20 Å². The fourth-order valence-corrected chi connectivity index (χ4v) is 4.06. The highest BCUT2D eigenvalue weighted by Gasteiger charge is 2.47. The number of rotatable bonds is 2. The van der Waals surface area contributed by atoms with E-state index in [0.29, 0.717) is 5.92 Å². The Bertz CT molecular complexity index is 576. The van der Waals surface area contributed by atoms with E-state index < -0.39 is 0 Å². The third kappa shape index (κ3) is 2.78. The van der Waals surface area contributed by atoms with Crippen molar-refractivity contribution in [1.82, 2.24) is 15.5 Å². The molecule has 3 rings (SSSR count). The van der Waals surface area contributed by atoms with Gasteiger partial charge in [0.1, 0.15) is 0 Å². The van der Waals surface area contributed by atoms with Gasteiger partial charge in [0, 0.05) is 0 Å². The number of carbonyl (C=O) groups is 1. The number of amides is 1. The normalized spacial score (nSPS) is 32.5. The number of aromatic amines is 1. The molecule has 1 aromatic heterocycles. The van der Waals surface area contributed by atoms with E-state index in [-0.39, 0.29) is 29.1 Å². The SMILES string of the molecule is C[C@@H]1Cc2cn[nH]c2[C@H](C(=O)N[C@@H]2CC(C)(C)OC2(C)C)C1. The Labute approximate surface area is 132 Å². The average molecular weight is 305 g/mol. The average Bonchev–Trinajstić information content (AvgIpc) is 2.89. The molecular formula is C17H27N3O2. The van der Waals surface area contributed by atoms with Crippen molar-refractivity contribution in [1.29, 1.82) is 0 Å². The lowest BCUT2D eigenvalue weighted by molar-refractivity contribution is -0.125. The quantitative estimate of drug-likeness (QED) is 0.882. The van der Waals surface area contributed by atoms with E-state index in [4.69, 9.17) is 4.74 Å². The zero-order valence-corrected chi connectivity index (χ0v) is 14.2. The number of fused-ring (bicyclic) bond motifs is 1. The van der Waals surface area contributed by atoms with E-state index in [1.54, 1.807) is 0 Å². The zero-order chi connectivity index (χ0) is 16.1. The monoisotopic (exact) mass is 305 g/mol. The van der Waals surface area contributed by atoms with E-state index in [0.717, 1.165) is 25.0 Å². The van der Waals surface area contributed by atoms with Gasteiger partial charge < -0.3 is 10.1 Å². The lowest BCUT2D eigenvalue weighted by Crippen LogP contribution is -2.48. The Balaban J connectivity index is 1.76. The van der Waals surface area contributed by atoms with Crippen LogP contribution < -0.4 is 5.32 Å². The van der Waals surface area contributed by atoms with Crippen LogP contribution in [0.2, 0.25) is 0 Å². The fraction of sp³-hybridized carbons (Fsp3) is 0.765. The number of carbonyl (C=O) groups excluding carboxylic acids is 1. The summed E-state index contributed by atoms with van der Waals surface area (Å²) in [5.74, 6) is 0.474. The molecule has 2 heterocycles. The number of nitrogens with zero attached hydrogens (tertiary/aromatic N) is 1. The van der Waals surface area contributed by atoms with Crippen LogP contribution in [0.3, 0.4) is 0 Å². The largest absolute Gasteiger partial charge is 0.367 e. The van der Waals surface area contributed by atoms with Gasteiger partial charge in [-0.1, -0.05) is 6.92 Å². The topological polar surface area (TPSA) is 67.0 Å². The first kappa shape index (κ1) is 15.5. The molecule has 1 aliphatic carbocycles. The summed E-state index contributed by atoms with van der Waals surface area (Å²) in [4.78, 5) is 12.8. The highest BCUT2D eigenvalue weighted by atomic mass is 16.5. The van der Waals surface area contributed by atoms with E-state index in [1.165, 1.54) is 5.56 Å². The first-order chi connectivity index (χ1) is 10.2. The number of ether oxygens (including phenoxy) is 1. The number of H-pyrrole nitrogens is 1. The maximum Gasteiger partial charge on any atom is 0.229 e. The molecule has 22 heavy (non-hydrogen) atoms. The maximum absolute atomic E-state index is 12.8. The predicted octanol–water partition coefficient (Wildman–Crippen LogP) is 2.54. The molecule has 0 saturated carbocycles. The minimum atomic E-state index is -0.337. The standard InChI is InChI=1S/C17H27N3O2/c1-10-6-11-9-18-20-14(11)12(7-10)15(21)19-13-8-16(2,3)22-17(13,4)5/h9-10,12-13H,6-8H2,1-5H3,(H,18,20)(H,19,21)/t10-,12-,13-/m1/s1. The van der Waals surface area contributed by atoms with Crippen LogP contribution in [0.4, 0.5) is 0 Å². The summed E-state index contributed by atoms with van der Waals surface area (Å²) in [5, 5.41) is 10.4. The van der Waals surface area contributed by atoms with E-state index in [2.05, 4.69) is 50.1 Å². The van der Waals surface area contributed by atoms with E-state index in [9.17, 15) is 4.79 Å². The van der Waals surface area contributed by atoms with E-state index >= 15 is 0 Å². The lowest BCUT2D eigenvalue weighted by Gasteiger charge is -2.31. The molecule has 1 saturated heterocycles. The molecule has 1 fully saturated rings. The van der Waals surface area contributed by atoms with Crippen LogP contribution >= 0.6 is 0 Å². The molecule has 5 heteroatoms. The second kappa shape index (κ2) is 5.08. The lowest BCUT2D eigenvalue weighted by atomic mass is 9.80. The van der Waals surface area contributed by atoms with Crippen molar-refractivity contribution in [2.24, 2.45) is 5.92 Å². The zero-order valence-electron chi connectivity index (χ0n) is 14.2. The van der Waals surface area contributed by atoms with Gasteiger partial charge in [0.25, 0.3) is 0 Å². The van der Waals surface area contributed by atoms with E-state index in [1.807, 2.05) is 6.20 Å². The molecule has 1 aliphatic heterocycles. The molecule has 122 valence electrons. The number of hydrogen-bond donors (Lipinski definition) is 2. The molecule has 1 amide bonds. The van der Waals surface area contributed by atoms with Crippen molar-refractivity contribution >= 4 is 5.91 Å². The van der Waals surface area contributed by atoms with Crippen molar-refractivity contribution < 1.29 is 9.53 Å². The van der Waals surface area contributed by atoms with Crippen molar-refractivity contribution in [3.05, 3.63) is 17.5 Å². The number of hydrogen-bond acceptors (Lipinski definition) is 3. The molecule has 2 aliphatic rings. The van der Waals surface area contributed by atoms with Crippen LogP contribution in [-0.2, 0) is 16.0 Å². The second-order valence-corrected chi connectivity index (χ2v) is 8.14. The first-order valence-corrected chi connectivity index (χ1v) is 8.21. The van der Waals surface area contributed by atoms with Gasteiger partial charge in [-0.25, -0.2) is 0 Å². The highest BCUT2D eigenvalue weighted by Crippen LogP contribution is 2.38. The predicted molar refractivity (Wildman–Crippen MR) is 84.6 cm³/mol. The molecule has 1 aromatic rings. The van der Waals surface area contributed by atoms with Crippen molar-refractivity contribution in [3.8, 4) is 0 Å². The highest BCUT2D eigenvalue weighted by molar-refractivity contribution is 5.84. The van der Waals surface area contributed by atoms with Gasteiger partial charge in [0.15, 0.2) is 0 Å². The summed E-state index contributed by atoms with van der Waals surface area (Å²) in [6.07, 6.45) is 4.57. The third-order valence-electron chi connectivity index (χ3n) is 5.01. The minimum absolute atomic E-state index is 0.0404. The van der Waals surface area contributed by atoms with Gasteiger partial charge in [0.05, 0.1) is 35.1 Å². The minimum Gasteiger partial charge on any atom is -0.367 e. The van der Waals surface area contributed by atoms with Crippen LogP contribution in [0, 0.1) is 5.92 Å². The van der Waals surface area contributed by atoms with Gasteiger partial charge in [-0.05, 0) is 58.4 Å². The molecule has 0 unspecified atom stereocenters. The van der Waals surface area contributed by atoms with Gasteiger partial charge in [-0.3, -0.25) is 9.89 Å². The molecule has 5 nitrogen and oxygen atoms in total. The summed E-state index contributed by atoms with van der Waals surface area (Å²) in [6.45, 7) is 10.5. The van der Waals surface area contributed by atoms with Crippen molar-refractivity contribution in [2.75, 3.05) is 0 Å². The summed E-state index contributed by atoms with van der Waals surface area (Å²) < 4.78 is 6.08. The number of aromatic nitrogens is 2. The summed E-state index contributed by atoms with van der Waals surface area (Å²) >= 11 is 0. The molecule has 0 aromatic carbocycles. The molecule has 0 bridgehead atoms. The Morgan fingerprint density at radius 1 is 1.41 bits per heavy atom. The third-order valence-corrected chi connectivity index (χ3v) is 5.01. The van der Waals surface area contributed by atoms with Crippen molar-refractivity contribution in [3.63, 3.8) is 0 Å². The van der Waals surface area contributed by atoms with Gasteiger partial charge in [-0.2, -0.15) is 5.10 Å². The van der Waals surface area contributed by atoms with Gasteiger partial charge >= 0.3 is 0 Å². The Morgan fingerprint density at radius 2 is 2.14 bits per heavy atom. The Hall–Kier alpha value is -1.36. The molecule has 0 radical (unpaired) electrons. The molecule has 3 atom stereocenters. The first-order valence-electron chi connectivity index (χ1n) is 8.21. The van der Waals surface area contributed by atoms with Crippen molar-refractivity contribution in [2.45, 2.75) is 77.0 Å². The summed E-state index contributed by atoms with van der Waals surface area (Å²) in [7, 11) is 0. The number of nitrogens with one attached hydrogen (secondary N) is 2. The summed E-state index contributed by atoms with van der Waals surface area (Å²) in [5.41, 5.74) is 1.64. The van der Waals surface area contributed by atoms with Crippen LogP contribution in [0.1, 0.15) is 64.6 Å². The fourth-order valence-electron chi connectivity index (χ4n) is 4.06.